The Balaban J connectivity index is 1.59. The van der Waals surface area contributed by atoms with Crippen molar-refractivity contribution in [3.05, 3.63) is 35.4 Å². The molecule has 1 saturated carbocycles. The zero-order valence-electron chi connectivity index (χ0n) is 18.6. The van der Waals surface area contributed by atoms with E-state index in [1.54, 1.807) is 5.56 Å². The molecule has 1 aromatic rings. The first-order valence-corrected chi connectivity index (χ1v) is 11.6. The molecule has 0 saturated heterocycles. The molecule has 2 rings (SSSR count). The maximum atomic E-state index is 11.2. The first-order valence-electron chi connectivity index (χ1n) is 11.6. The van der Waals surface area contributed by atoms with Gasteiger partial charge in [0.15, 0.2) is 0 Å². The Bertz CT molecular complexity index is 593. The van der Waals surface area contributed by atoms with Crippen molar-refractivity contribution < 1.29 is 9.90 Å². The summed E-state index contributed by atoms with van der Waals surface area (Å²) in [6, 6.07) is 8.97. The van der Waals surface area contributed by atoms with E-state index in [0.717, 1.165) is 25.7 Å². The molecule has 28 heavy (non-hydrogen) atoms. The summed E-state index contributed by atoms with van der Waals surface area (Å²) in [5, 5.41) is 9.24. The lowest BCUT2D eigenvalue weighted by atomic mass is 9.89. The highest BCUT2D eigenvalue weighted by molar-refractivity contribution is 5.77. The molecule has 1 aliphatic carbocycles. The molecule has 0 heterocycles. The van der Waals surface area contributed by atoms with Gasteiger partial charge < -0.3 is 5.11 Å². The van der Waals surface area contributed by atoms with Crippen LogP contribution in [0.1, 0.15) is 109 Å². The smallest absolute Gasteiger partial charge is 0.309 e. The second-order valence-electron chi connectivity index (χ2n) is 10.2. The summed E-state index contributed by atoms with van der Waals surface area (Å²) >= 11 is 0. The minimum absolute atomic E-state index is 0.334. The van der Waals surface area contributed by atoms with Crippen LogP contribution in [0.3, 0.4) is 0 Å². The number of carboxylic acid groups (broad SMARTS) is 1. The minimum atomic E-state index is -0.570. The molecule has 2 heteroatoms. The van der Waals surface area contributed by atoms with E-state index in [4.69, 9.17) is 0 Å². The lowest BCUT2D eigenvalue weighted by Crippen LogP contribution is -2.14. The Labute approximate surface area is 173 Å². The molecule has 158 valence electrons. The van der Waals surface area contributed by atoms with Crippen molar-refractivity contribution >= 4 is 5.97 Å². The van der Waals surface area contributed by atoms with Gasteiger partial charge in [0.2, 0.25) is 0 Å². The first-order chi connectivity index (χ1) is 13.3. The van der Waals surface area contributed by atoms with E-state index in [9.17, 15) is 9.90 Å². The van der Waals surface area contributed by atoms with Gasteiger partial charge in [0.05, 0.1) is 5.41 Å². The van der Waals surface area contributed by atoms with Gasteiger partial charge in [-0.2, -0.15) is 0 Å². The maximum Gasteiger partial charge on any atom is 0.309 e. The molecule has 1 aromatic carbocycles. The molecule has 1 fully saturated rings. The number of rotatable bonds is 14. The van der Waals surface area contributed by atoms with Crippen LogP contribution in [0, 0.1) is 10.8 Å². The highest BCUT2D eigenvalue weighted by atomic mass is 16.4. The van der Waals surface area contributed by atoms with Crippen LogP contribution in [-0.4, -0.2) is 11.1 Å². The van der Waals surface area contributed by atoms with Crippen molar-refractivity contribution in [1.29, 1.82) is 0 Å². The van der Waals surface area contributed by atoms with Gasteiger partial charge in [0.1, 0.15) is 0 Å². The molecule has 0 aromatic heterocycles. The predicted molar refractivity (Wildman–Crippen MR) is 119 cm³/mol. The number of aliphatic carboxylic acids is 1. The van der Waals surface area contributed by atoms with E-state index >= 15 is 0 Å². The largest absolute Gasteiger partial charge is 0.481 e. The molecule has 0 radical (unpaired) electrons. The van der Waals surface area contributed by atoms with Gasteiger partial charge in [0.25, 0.3) is 0 Å². The molecule has 1 aliphatic rings. The lowest BCUT2D eigenvalue weighted by molar-refractivity contribution is -0.143. The average Bonchev–Trinajstić information content (AvgIpc) is 3.42. The number of unbranched alkanes of at least 4 members (excludes halogenated alkanes) is 6. The van der Waals surface area contributed by atoms with Crippen molar-refractivity contribution in [3.63, 3.8) is 0 Å². The van der Waals surface area contributed by atoms with Gasteiger partial charge in [-0.05, 0) is 67.9 Å². The monoisotopic (exact) mass is 386 g/mol. The number of aryl methyl sites for hydroxylation is 2. The van der Waals surface area contributed by atoms with Crippen molar-refractivity contribution in [2.45, 2.75) is 111 Å². The van der Waals surface area contributed by atoms with Crippen LogP contribution >= 0.6 is 0 Å². The molecule has 0 amide bonds. The highest BCUT2D eigenvalue weighted by Gasteiger charge is 2.49. The minimum Gasteiger partial charge on any atom is -0.481 e. The van der Waals surface area contributed by atoms with Gasteiger partial charge in [-0.25, -0.2) is 0 Å². The van der Waals surface area contributed by atoms with Crippen molar-refractivity contribution in [2.75, 3.05) is 0 Å². The standard InChI is InChI=1S/C26H42O2/c1-25(2,3)18-12-6-4-8-14-22-16-10-11-17-23(22)15-9-5-7-13-19-26(20-21-26)24(27)28/h10-11,16-17H,4-9,12-15,18-21H2,1-3H3,(H,27,28). The SMILES string of the molecule is CC(C)(C)CCCCCCc1ccccc1CCCCCCC1(C(=O)O)CC1. The van der Waals surface area contributed by atoms with Gasteiger partial charge in [-0.15, -0.1) is 0 Å². The summed E-state index contributed by atoms with van der Waals surface area (Å²) in [5.41, 5.74) is 3.21. The van der Waals surface area contributed by atoms with Crippen LogP contribution in [0.5, 0.6) is 0 Å². The van der Waals surface area contributed by atoms with E-state index in [1.807, 2.05) is 0 Å². The summed E-state index contributed by atoms with van der Waals surface area (Å²) in [7, 11) is 0. The fourth-order valence-electron chi connectivity index (χ4n) is 4.22. The zero-order valence-corrected chi connectivity index (χ0v) is 18.6. The van der Waals surface area contributed by atoms with Gasteiger partial charge in [-0.1, -0.05) is 83.6 Å². The normalized spacial score (nSPS) is 15.5. The van der Waals surface area contributed by atoms with E-state index in [-0.39, 0.29) is 5.41 Å². The number of benzene rings is 1. The Hall–Kier alpha value is -1.31. The number of hydrogen-bond acceptors (Lipinski definition) is 1. The van der Waals surface area contributed by atoms with Crippen molar-refractivity contribution in [2.24, 2.45) is 10.8 Å². The van der Waals surface area contributed by atoms with Crippen molar-refractivity contribution in [1.82, 2.24) is 0 Å². The van der Waals surface area contributed by atoms with Gasteiger partial charge in [0, 0.05) is 0 Å². The topological polar surface area (TPSA) is 37.3 Å². The third-order valence-electron chi connectivity index (χ3n) is 6.40. The van der Waals surface area contributed by atoms with E-state index in [2.05, 4.69) is 45.0 Å². The molecule has 1 N–H and O–H groups in total. The van der Waals surface area contributed by atoms with E-state index in [1.165, 1.54) is 69.8 Å². The van der Waals surface area contributed by atoms with Crippen LogP contribution in [0.2, 0.25) is 0 Å². The lowest BCUT2D eigenvalue weighted by Gasteiger charge is -2.17. The Morgan fingerprint density at radius 1 is 0.857 bits per heavy atom. The fourth-order valence-corrected chi connectivity index (χ4v) is 4.22. The van der Waals surface area contributed by atoms with Gasteiger partial charge in [-0.3, -0.25) is 4.79 Å². The molecule has 0 spiro atoms. The van der Waals surface area contributed by atoms with E-state index < -0.39 is 5.97 Å². The summed E-state index contributed by atoms with van der Waals surface area (Å²) in [4.78, 5) is 11.2. The van der Waals surface area contributed by atoms with Gasteiger partial charge >= 0.3 is 5.97 Å². The molecule has 0 unspecified atom stereocenters. The third-order valence-corrected chi connectivity index (χ3v) is 6.40. The number of hydrogen-bond donors (Lipinski definition) is 1. The fraction of sp³-hybridized carbons (Fsp3) is 0.731. The Morgan fingerprint density at radius 2 is 1.36 bits per heavy atom. The maximum absolute atomic E-state index is 11.2. The molecule has 0 bridgehead atoms. The zero-order chi connectivity index (χ0) is 20.5. The quantitative estimate of drug-likeness (QED) is 0.334. The van der Waals surface area contributed by atoms with Crippen LogP contribution in [0.25, 0.3) is 0 Å². The van der Waals surface area contributed by atoms with Crippen LogP contribution < -0.4 is 0 Å². The van der Waals surface area contributed by atoms with Crippen LogP contribution in [0.4, 0.5) is 0 Å². The summed E-state index contributed by atoms with van der Waals surface area (Å²) in [6.45, 7) is 7.00. The predicted octanol–water partition coefficient (Wildman–Crippen LogP) is 7.58. The number of carboxylic acids is 1. The average molecular weight is 387 g/mol. The third kappa shape index (κ3) is 8.37. The molecular weight excluding hydrogens is 344 g/mol. The molecule has 2 nitrogen and oxygen atoms in total. The second kappa shape index (κ2) is 11.0. The molecule has 0 aliphatic heterocycles. The Kier molecular flexibility index (Phi) is 9.05. The number of carbonyl (C=O) groups is 1. The second-order valence-corrected chi connectivity index (χ2v) is 10.2. The van der Waals surface area contributed by atoms with Crippen LogP contribution in [-0.2, 0) is 17.6 Å². The molecular formula is C26H42O2. The molecule has 0 atom stereocenters. The van der Waals surface area contributed by atoms with Crippen LogP contribution in [0.15, 0.2) is 24.3 Å². The summed E-state index contributed by atoms with van der Waals surface area (Å²) in [6.07, 6.45) is 16.4. The Morgan fingerprint density at radius 3 is 1.82 bits per heavy atom. The van der Waals surface area contributed by atoms with Crippen molar-refractivity contribution in [3.8, 4) is 0 Å². The summed E-state index contributed by atoms with van der Waals surface area (Å²) < 4.78 is 0. The summed E-state index contributed by atoms with van der Waals surface area (Å²) in [5.74, 6) is -0.570. The highest BCUT2D eigenvalue weighted by Crippen LogP contribution is 2.50. The van der Waals surface area contributed by atoms with E-state index in [0.29, 0.717) is 5.41 Å². The first kappa shape index (κ1) is 23.0.